The number of hydrogen-bond acceptors (Lipinski definition) is 5. The number of nitrogens with one attached hydrogen (secondary N) is 2. The second kappa shape index (κ2) is 9.38. The van der Waals surface area contributed by atoms with E-state index in [0.29, 0.717) is 31.7 Å². The van der Waals surface area contributed by atoms with Gasteiger partial charge in [-0.25, -0.2) is 8.42 Å². The van der Waals surface area contributed by atoms with Crippen molar-refractivity contribution < 1.29 is 22.7 Å². The van der Waals surface area contributed by atoms with Crippen molar-refractivity contribution in [2.45, 2.75) is 50.6 Å². The van der Waals surface area contributed by atoms with Gasteiger partial charge < -0.3 is 15.4 Å². The Hall–Kier alpha value is -2.13. The van der Waals surface area contributed by atoms with Crippen LogP contribution in [0.2, 0.25) is 0 Å². The fraction of sp³-hybridized carbons (Fsp3) is 0.579. The van der Waals surface area contributed by atoms with E-state index in [2.05, 4.69) is 10.6 Å². The molecule has 0 aromatic heterocycles. The molecule has 9 heteroatoms. The van der Waals surface area contributed by atoms with Gasteiger partial charge in [-0.15, -0.1) is 0 Å². The largest absolute Gasteiger partial charge is 0.497 e. The summed E-state index contributed by atoms with van der Waals surface area (Å²) < 4.78 is 32.1. The van der Waals surface area contributed by atoms with Gasteiger partial charge in [0, 0.05) is 26.1 Å². The Labute approximate surface area is 166 Å². The number of sulfonamides is 1. The number of ether oxygens (including phenoxy) is 1. The van der Waals surface area contributed by atoms with Crippen molar-refractivity contribution in [3.63, 3.8) is 0 Å². The first-order valence-corrected chi connectivity index (χ1v) is 10.8. The number of carbonyl (C=O) groups is 2. The average molecular weight is 412 g/mol. The normalized spacial score (nSPS) is 17.2. The number of piperidine rings is 1. The highest BCUT2D eigenvalue weighted by atomic mass is 32.2. The molecule has 1 atom stereocenters. The van der Waals surface area contributed by atoms with Gasteiger partial charge in [0.25, 0.3) is 0 Å². The Morgan fingerprint density at radius 1 is 1.14 bits per heavy atom. The number of carbonyl (C=O) groups excluding carboxylic acids is 2. The fourth-order valence-electron chi connectivity index (χ4n) is 3.18. The average Bonchev–Trinajstić information content (AvgIpc) is 2.66. The maximum absolute atomic E-state index is 12.8. The molecular weight excluding hydrogens is 382 g/mol. The number of amides is 2. The number of nitrogens with zero attached hydrogens (tertiary/aromatic N) is 1. The summed E-state index contributed by atoms with van der Waals surface area (Å²) >= 11 is 0. The van der Waals surface area contributed by atoms with Gasteiger partial charge in [-0.2, -0.15) is 4.31 Å². The van der Waals surface area contributed by atoms with Crippen molar-refractivity contribution >= 4 is 21.8 Å². The summed E-state index contributed by atoms with van der Waals surface area (Å²) in [5.74, 6) is 0.0644. The molecule has 1 fully saturated rings. The van der Waals surface area contributed by atoms with Gasteiger partial charge in [-0.1, -0.05) is 13.8 Å². The van der Waals surface area contributed by atoms with Gasteiger partial charge in [0.15, 0.2) is 0 Å². The van der Waals surface area contributed by atoms with E-state index in [4.69, 9.17) is 4.74 Å². The lowest BCUT2D eigenvalue weighted by atomic mass is 10.0. The quantitative estimate of drug-likeness (QED) is 0.700. The lowest BCUT2D eigenvalue weighted by Gasteiger charge is -2.33. The van der Waals surface area contributed by atoms with Crippen molar-refractivity contribution in [2.75, 3.05) is 20.2 Å². The molecule has 0 radical (unpaired) electrons. The van der Waals surface area contributed by atoms with Crippen LogP contribution in [0.15, 0.2) is 29.2 Å². The topological polar surface area (TPSA) is 105 Å². The van der Waals surface area contributed by atoms with E-state index >= 15 is 0 Å². The predicted octanol–water partition coefficient (Wildman–Crippen LogP) is 1.13. The minimum absolute atomic E-state index is 0.0422. The molecule has 8 nitrogen and oxygen atoms in total. The molecule has 1 aliphatic rings. The molecule has 1 aromatic rings. The van der Waals surface area contributed by atoms with Crippen LogP contribution in [0.5, 0.6) is 5.75 Å². The first kappa shape index (κ1) is 22.2. The van der Waals surface area contributed by atoms with Crippen LogP contribution in [0.1, 0.15) is 33.6 Å². The zero-order chi connectivity index (χ0) is 20.9. The highest BCUT2D eigenvalue weighted by Gasteiger charge is 2.31. The highest BCUT2D eigenvalue weighted by Crippen LogP contribution is 2.23. The summed E-state index contributed by atoms with van der Waals surface area (Å²) in [4.78, 5) is 24.0. The van der Waals surface area contributed by atoms with Crippen LogP contribution in [-0.2, 0) is 19.6 Å². The summed E-state index contributed by atoms with van der Waals surface area (Å²) in [7, 11) is -2.05. The lowest BCUT2D eigenvalue weighted by Crippen LogP contribution is -2.54. The molecule has 0 bridgehead atoms. The third-order valence-electron chi connectivity index (χ3n) is 4.81. The standard InChI is InChI=1S/C19H29N3O5S/c1-13(2)18(20-14(3)23)19(24)21-15-9-11-22(12-10-15)28(25,26)17-7-5-16(27-4)6-8-17/h5-8,13,15,18H,9-12H2,1-4H3,(H,20,23)(H,21,24). The molecule has 2 N–H and O–H groups in total. The van der Waals surface area contributed by atoms with Gasteiger partial charge in [-0.3, -0.25) is 9.59 Å². The SMILES string of the molecule is COc1ccc(S(=O)(=O)N2CCC(NC(=O)C(NC(C)=O)C(C)C)CC2)cc1. The first-order chi connectivity index (χ1) is 13.1. The van der Waals surface area contributed by atoms with E-state index in [1.54, 1.807) is 12.1 Å². The van der Waals surface area contributed by atoms with Crippen LogP contribution in [0.25, 0.3) is 0 Å². The Morgan fingerprint density at radius 2 is 1.71 bits per heavy atom. The van der Waals surface area contributed by atoms with Crippen LogP contribution < -0.4 is 15.4 Å². The summed E-state index contributed by atoms with van der Waals surface area (Å²) in [6, 6.07) is 5.58. The summed E-state index contributed by atoms with van der Waals surface area (Å²) in [6.07, 6.45) is 1.04. The number of methoxy groups -OCH3 is 1. The van der Waals surface area contributed by atoms with Gasteiger partial charge in [-0.05, 0) is 43.0 Å². The number of hydrogen-bond donors (Lipinski definition) is 2. The van der Waals surface area contributed by atoms with Gasteiger partial charge in [0.05, 0.1) is 12.0 Å². The van der Waals surface area contributed by atoms with E-state index in [1.165, 1.54) is 30.5 Å². The van der Waals surface area contributed by atoms with Gasteiger partial charge >= 0.3 is 0 Å². The Balaban J connectivity index is 1.96. The third-order valence-corrected chi connectivity index (χ3v) is 6.72. The molecule has 28 heavy (non-hydrogen) atoms. The monoisotopic (exact) mass is 411 g/mol. The molecular formula is C19H29N3O5S. The van der Waals surface area contributed by atoms with Gasteiger partial charge in [0.2, 0.25) is 21.8 Å². The van der Waals surface area contributed by atoms with E-state index in [1.807, 2.05) is 13.8 Å². The van der Waals surface area contributed by atoms with E-state index in [-0.39, 0.29) is 28.7 Å². The molecule has 1 aliphatic heterocycles. The minimum Gasteiger partial charge on any atom is -0.497 e. The smallest absolute Gasteiger partial charge is 0.243 e. The van der Waals surface area contributed by atoms with Crippen LogP contribution in [0, 0.1) is 5.92 Å². The lowest BCUT2D eigenvalue weighted by molar-refractivity contribution is -0.129. The summed E-state index contributed by atoms with van der Waals surface area (Å²) in [6.45, 7) is 5.76. The molecule has 156 valence electrons. The van der Waals surface area contributed by atoms with Crippen LogP contribution in [0.3, 0.4) is 0 Å². The van der Waals surface area contributed by atoms with Crippen LogP contribution in [-0.4, -0.2) is 56.8 Å². The van der Waals surface area contributed by atoms with E-state index in [0.717, 1.165) is 0 Å². The second-order valence-corrected chi connectivity index (χ2v) is 9.22. The third kappa shape index (κ3) is 5.45. The van der Waals surface area contributed by atoms with Crippen LogP contribution in [0.4, 0.5) is 0 Å². The number of benzene rings is 1. The molecule has 0 saturated carbocycles. The van der Waals surface area contributed by atoms with Crippen molar-refractivity contribution in [2.24, 2.45) is 5.92 Å². The highest BCUT2D eigenvalue weighted by molar-refractivity contribution is 7.89. The zero-order valence-corrected chi connectivity index (χ0v) is 17.6. The fourth-order valence-corrected chi connectivity index (χ4v) is 4.65. The Bertz CT molecular complexity index is 784. The Morgan fingerprint density at radius 3 is 2.18 bits per heavy atom. The van der Waals surface area contributed by atoms with Crippen molar-refractivity contribution in [3.05, 3.63) is 24.3 Å². The summed E-state index contributed by atoms with van der Waals surface area (Å²) in [5.41, 5.74) is 0. The summed E-state index contributed by atoms with van der Waals surface area (Å²) in [5, 5.41) is 5.61. The first-order valence-electron chi connectivity index (χ1n) is 9.37. The van der Waals surface area contributed by atoms with E-state index in [9.17, 15) is 18.0 Å². The molecule has 2 rings (SSSR count). The molecule has 1 aromatic carbocycles. The minimum atomic E-state index is -3.58. The number of rotatable bonds is 7. The molecule has 0 spiro atoms. The maximum Gasteiger partial charge on any atom is 0.243 e. The van der Waals surface area contributed by atoms with Crippen LogP contribution >= 0.6 is 0 Å². The molecule has 1 saturated heterocycles. The predicted molar refractivity (Wildman–Crippen MR) is 105 cm³/mol. The Kier molecular flexibility index (Phi) is 7.42. The van der Waals surface area contributed by atoms with Crippen molar-refractivity contribution in [1.82, 2.24) is 14.9 Å². The molecule has 2 amide bonds. The van der Waals surface area contributed by atoms with Crippen molar-refractivity contribution in [1.29, 1.82) is 0 Å². The second-order valence-electron chi connectivity index (χ2n) is 7.28. The molecule has 1 unspecified atom stereocenters. The molecule has 0 aliphatic carbocycles. The zero-order valence-electron chi connectivity index (χ0n) is 16.8. The maximum atomic E-state index is 12.8. The van der Waals surface area contributed by atoms with Crippen molar-refractivity contribution in [3.8, 4) is 5.75 Å². The molecule has 1 heterocycles. The van der Waals surface area contributed by atoms with Gasteiger partial charge in [0.1, 0.15) is 11.8 Å². The van der Waals surface area contributed by atoms with E-state index < -0.39 is 16.1 Å².